The van der Waals surface area contributed by atoms with Crippen LogP contribution in [-0.2, 0) is 16.6 Å². The number of sulfonamides is 1. The summed E-state index contributed by atoms with van der Waals surface area (Å²) < 4.78 is 40.5. The minimum Gasteiger partial charge on any atom is -0.293 e. The molecule has 0 aliphatic carbocycles. The first-order valence-electron chi connectivity index (χ1n) is 8.67. The van der Waals surface area contributed by atoms with Crippen molar-refractivity contribution in [1.82, 2.24) is 23.7 Å². The second-order valence-electron chi connectivity index (χ2n) is 6.63. The number of imidazole rings is 1. The van der Waals surface area contributed by atoms with Gasteiger partial charge >= 0.3 is 0 Å². The number of halogens is 1. The van der Waals surface area contributed by atoms with Crippen LogP contribution in [0.25, 0.3) is 16.9 Å². The molecule has 0 bridgehead atoms. The number of hydrogen-bond acceptors (Lipinski definition) is 5. The first kappa shape index (κ1) is 18.0. The summed E-state index contributed by atoms with van der Waals surface area (Å²) in [6, 6.07) is 10.0. The molecule has 0 atom stereocenters. The Labute approximate surface area is 157 Å². The third kappa shape index (κ3) is 3.71. The monoisotopic (exact) mass is 389 g/mol. The zero-order valence-electron chi connectivity index (χ0n) is 14.9. The van der Waals surface area contributed by atoms with Crippen molar-refractivity contribution in [2.45, 2.75) is 6.54 Å². The van der Waals surface area contributed by atoms with E-state index in [9.17, 15) is 12.8 Å². The van der Waals surface area contributed by atoms with Gasteiger partial charge in [-0.05, 0) is 30.3 Å². The molecular weight excluding hydrogens is 369 g/mol. The predicted molar refractivity (Wildman–Crippen MR) is 101 cm³/mol. The van der Waals surface area contributed by atoms with Crippen molar-refractivity contribution in [1.29, 1.82) is 0 Å². The quantitative estimate of drug-likeness (QED) is 0.678. The van der Waals surface area contributed by atoms with Crippen molar-refractivity contribution in [2.75, 3.05) is 32.4 Å². The Bertz CT molecular complexity index is 1070. The Hall–Kier alpha value is -2.36. The molecule has 0 unspecified atom stereocenters. The first-order valence-corrected chi connectivity index (χ1v) is 10.5. The highest BCUT2D eigenvalue weighted by Crippen LogP contribution is 2.22. The molecule has 2 aromatic heterocycles. The fourth-order valence-electron chi connectivity index (χ4n) is 3.37. The van der Waals surface area contributed by atoms with E-state index < -0.39 is 10.0 Å². The van der Waals surface area contributed by atoms with Gasteiger partial charge in [0, 0.05) is 32.4 Å². The molecule has 1 aliphatic heterocycles. The van der Waals surface area contributed by atoms with Crippen LogP contribution < -0.4 is 0 Å². The lowest BCUT2D eigenvalue weighted by Crippen LogP contribution is -2.48. The van der Waals surface area contributed by atoms with E-state index in [0.29, 0.717) is 44.1 Å². The van der Waals surface area contributed by atoms with E-state index in [2.05, 4.69) is 14.9 Å². The minimum atomic E-state index is -3.16. The number of fused-ring (bicyclic) bond motifs is 1. The summed E-state index contributed by atoms with van der Waals surface area (Å²) in [6.07, 6.45) is 2.92. The van der Waals surface area contributed by atoms with Crippen molar-refractivity contribution in [3.05, 3.63) is 54.2 Å². The summed E-state index contributed by atoms with van der Waals surface area (Å²) in [5.74, 6) is 0.431. The van der Waals surface area contributed by atoms with E-state index >= 15 is 0 Å². The fraction of sp³-hybridized carbons (Fsp3) is 0.333. The van der Waals surface area contributed by atoms with Crippen molar-refractivity contribution in [3.63, 3.8) is 0 Å². The standard InChI is InChI=1S/C18H20FN5O2S/c1-27(25,26)23-10-8-22(9-11-23)13-17-21-16-6-3-7-20-18(16)24(17)15-5-2-4-14(19)12-15/h2-7,12H,8-11,13H2,1H3. The zero-order valence-corrected chi connectivity index (χ0v) is 15.7. The molecule has 7 nitrogen and oxygen atoms in total. The number of piperazine rings is 1. The van der Waals surface area contributed by atoms with Crippen LogP contribution in [0.3, 0.4) is 0 Å². The highest BCUT2D eigenvalue weighted by atomic mass is 32.2. The highest BCUT2D eigenvalue weighted by Gasteiger charge is 2.25. The lowest BCUT2D eigenvalue weighted by atomic mass is 10.3. The highest BCUT2D eigenvalue weighted by molar-refractivity contribution is 7.88. The van der Waals surface area contributed by atoms with E-state index in [1.807, 2.05) is 22.8 Å². The molecule has 0 spiro atoms. The van der Waals surface area contributed by atoms with Gasteiger partial charge in [0.1, 0.15) is 17.2 Å². The van der Waals surface area contributed by atoms with E-state index in [-0.39, 0.29) is 5.82 Å². The number of nitrogens with zero attached hydrogens (tertiary/aromatic N) is 5. The summed E-state index contributed by atoms with van der Waals surface area (Å²) >= 11 is 0. The Morgan fingerprint density at radius 2 is 1.89 bits per heavy atom. The normalized spacial score (nSPS) is 16.8. The summed E-state index contributed by atoms with van der Waals surface area (Å²) in [5.41, 5.74) is 2.08. The van der Waals surface area contributed by atoms with Gasteiger partial charge in [0.25, 0.3) is 0 Å². The van der Waals surface area contributed by atoms with Crippen LogP contribution in [0, 0.1) is 5.82 Å². The fourth-order valence-corrected chi connectivity index (χ4v) is 4.20. The van der Waals surface area contributed by atoms with E-state index in [4.69, 9.17) is 0 Å². The number of aromatic nitrogens is 3. The molecule has 1 aliphatic rings. The molecule has 27 heavy (non-hydrogen) atoms. The van der Waals surface area contributed by atoms with Gasteiger partial charge in [0.15, 0.2) is 5.65 Å². The Morgan fingerprint density at radius 1 is 1.11 bits per heavy atom. The molecule has 0 N–H and O–H groups in total. The SMILES string of the molecule is CS(=O)(=O)N1CCN(Cc2nc3cccnc3n2-c2cccc(F)c2)CC1. The third-order valence-corrected chi connectivity index (χ3v) is 6.02. The molecule has 1 fully saturated rings. The molecular formula is C18H20FN5O2S. The topological polar surface area (TPSA) is 71.3 Å². The maximum atomic E-state index is 13.8. The van der Waals surface area contributed by atoms with Gasteiger partial charge in [-0.3, -0.25) is 9.47 Å². The Morgan fingerprint density at radius 3 is 2.59 bits per heavy atom. The van der Waals surface area contributed by atoms with Gasteiger partial charge in [-0.15, -0.1) is 0 Å². The van der Waals surface area contributed by atoms with Crippen molar-refractivity contribution < 1.29 is 12.8 Å². The molecule has 0 saturated carbocycles. The molecule has 4 rings (SSSR count). The van der Waals surface area contributed by atoms with Gasteiger partial charge in [-0.25, -0.2) is 22.8 Å². The molecule has 0 radical (unpaired) electrons. The van der Waals surface area contributed by atoms with Gasteiger partial charge in [0.05, 0.1) is 18.5 Å². The number of hydrogen-bond donors (Lipinski definition) is 0. The molecule has 142 valence electrons. The van der Waals surface area contributed by atoms with Crippen molar-refractivity contribution in [3.8, 4) is 5.69 Å². The van der Waals surface area contributed by atoms with Crippen LogP contribution in [0.4, 0.5) is 4.39 Å². The average molecular weight is 389 g/mol. The second-order valence-corrected chi connectivity index (χ2v) is 8.61. The van der Waals surface area contributed by atoms with Crippen molar-refractivity contribution >= 4 is 21.2 Å². The summed E-state index contributed by atoms with van der Waals surface area (Å²) in [4.78, 5) is 11.3. The molecule has 3 aromatic rings. The van der Waals surface area contributed by atoms with Gasteiger partial charge in [0.2, 0.25) is 10.0 Å². The van der Waals surface area contributed by atoms with Gasteiger partial charge in [-0.2, -0.15) is 4.31 Å². The molecule has 3 heterocycles. The Balaban J connectivity index is 1.65. The van der Waals surface area contributed by atoms with Gasteiger partial charge < -0.3 is 0 Å². The number of pyridine rings is 1. The molecule has 0 amide bonds. The lowest BCUT2D eigenvalue weighted by molar-refractivity contribution is 0.178. The maximum Gasteiger partial charge on any atom is 0.211 e. The van der Waals surface area contributed by atoms with Gasteiger partial charge in [-0.1, -0.05) is 6.07 Å². The average Bonchev–Trinajstić information content (AvgIpc) is 2.99. The molecule has 1 saturated heterocycles. The van der Waals surface area contributed by atoms with E-state index in [1.54, 1.807) is 12.3 Å². The predicted octanol–water partition coefficient (Wildman–Crippen LogP) is 1.64. The Kier molecular flexibility index (Phi) is 4.67. The minimum absolute atomic E-state index is 0.321. The van der Waals surface area contributed by atoms with Crippen LogP contribution >= 0.6 is 0 Å². The second kappa shape index (κ2) is 6.99. The number of rotatable bonds is 4. The summed E-state index contributed by atoms with van der Waals surface area (Å²) in [5, 5.41) is 0. The van der Waals surface area contributed by atoms with Crippen LogP contribution in [0.15, 0.2) is 42.6 Å². The molecule has 9 heteroatoms. The summed E-state index contributed by atoms with van der Waals surface area (Å²) in [7, 11) is -3.16. The van der Waals surface area contributed by atoms with Crippen LogP contribution in [0.1, 0.15) is 5.82 Å². The van der Waals surface area contributed by atoms with Crippen molar-refractivity contribution in [2.24, 2.45) is 0 Å². The third-order valence-electron chi connectivity index (χ3n) is 4.72. The smallest absolute Gasteiger partial charge is 0.211 e. The van der Waals surface area contributed by atoms with Crippen LogP contribution in [0.2, 0.25) is 0 Å². The van der Waals surface area contributed by atoms with E-state index in [0.717, 1.165) is 11.3 Å². The summed E-state index contributed by atoms with van der Waals surface area (Å²) in [6.45, 7) is 2.68. The maximum absolute atomic E-state index is 13.8. The van der Waals surface area contributed by atoms with Crippen LogP contribution in [0.5, 0.6) is 0 Å². The number of benzene rings is 1. The zero-order chi connectivity index (χ0) is 19.0. The largest absolute Gasteiger partial charge is 0.293 e. The lowest BCUT2D eigenvalue weighted by Gasteiger charge is -2.32. The van der Waals surface area contributed by atoms with Crippen LogP contribution in [-0.4, -0.2) is 64.6 Å². The molecule has 1 aromatic carbocycles. The van der Waals surface area contributed by atoms with E-state index in [1.165, 1.54) is 22.7 Å². The first-order chi connectivity index (χ1) is 12.9.